The van der Waals surface area contributed by atoms with Gasteiger partial charge in [-0.2, -0.15) is 0 Å². The summed E-state index contributed by atoms with van der Waals surface area (Å²) in [6.45, 7) is 1.05. The Bertz CT molecular complexity index is 894. The number of nitrogens with one attached hydrogen (secondary N) is 1. The van der Waals surface area contributed by atoms with E-state index in [-0.39, 0.29) is 21.1 Å². The number of urea groups is 1. The van der Waals surface area contributed by atoms with Gasteiger partial charge < -0.3 is 10.4 Å². The summed E-state index contributed by atoms with van der Waals surface area (Å²) in [4.78, 5) is 13.3. The first-order valence-electron chi connectivity index (χ1n) is 6.95. The maximum atomic E-state index is 12.1. The van der Waals surface area contributed by atoms with E-state index in [9.17, 15) is 18.3 Å². The lowest BCUT2D eigenvalue weighted by atomic mass is 10.1. The van der Waals surface area contributed by atoms with Crippen molar-refractivity contribution in [2.24, 2.45) is 0 Å². The number of hydrogen-bond acceptors (Lipinski definition) is 7. The third-order valence-electron chi connectivity index (χ3n) is 3.49. The fourth-order valence-electron chi connectivity index (χ4n) is 2.16. The highest BCUT2D eigenvalue weighted by molar-refractivity contribution is 7.91. The van der Waals surface area contributed by atoms with Crippen LogP contribution in [0.4, 0.5) is 10.5 Å². The molecule has 0 aliphatic carbocycles. The van der Waals surface area contributed by atoms with Crippen LogP contribution in [0.1, 0.15) is 0 Å². The number of anilines is 1. The van der Waals surface area contributed by atoms with E-state index >= 15 is 0 Å². The lowest BCUT2D eigenvalue weighted by molar-refractivity contribution is 0.252. The van der Waals surface area contributed by atoms with Gasteiger partial charge in [0.25, 0.3) is 10.0 Å². The van der Waals surface area contributed by atoms with E-state index in [2.05, 4.69) is 15.5 Å². The van der Waals surface area contributed by atoms with Gasteiger partial charge in [0, 0.05) is 32.9 Å². The number of hydrogen-bond donors (Lipinski definition) is 2. The van der Waals surface area contributed by atoms with Gasteiger partial charge in [0.05, 0.1) is 5.56 Å². The molecule has 0 saturated carbocycles. The minimum atomic E-state index is -3.69. The van der Waals surface area contributed by atoms with Crippen molar-refractivity contribution in [1.29, 1.82) is 0 Å². The molecule has 0 atom stereocenters. The summed E-state index contributed by atoms with van der Waals surface area (Å²) in [6, 6.07) is 4.42. The third-order valence-corrected chi connectivity index (χ3v) is 6.60. The molecule has 2 aromatic rings. The second-order valence-corrected chi connectivity index (χ2v) is 8.55. The number of aromatic hydroxyl groups is 1. The molecule has 2 N–H and O–H groups in total. The van der Waals surface area contributed by atoms with Crippen LogP contribution in [0.5, 0.6) is 5.75 Å². The Morgan fingerprint density at radius 2 is 2.08 bits per heavy atom. The molecule has 9 nitrogen and oxygen atoms in total. The van der Waals surface area contributed by atoms with Gasteiger partial charge in [-0.1, -0.05) is 11.3 Å². The molecule has 2 heterocycles. The summed E-state index contributed by atoms with van der Waals surface area (Å²) in [7, 11) is -0.883. The standard InChI is InChI=1S/C13H15N5O4S2/c1-17(2)24(21,22)13-16-15-11(23-13)9-7-8(3-4-10(9)19)18-6-5-14-12(18)20/h3-4,7,19H,5-6H2,1-2H3,(H,14,20). The molecule has 1 aliphatic rings. The van der Waals surface area contributed by atoms with Crippen molar-refractivity contribution in [1.82, 2.24) is 19.8 Å². The van der Waals surface area contributed by atoms with Crippen molar-refractivity contribution < 1.29 is 18.3 Å². The summed E-state index contributed by atoms with van der Waals surface area (Å²) in [6.07, 6.45) is 0. The zero-order valence-electron chi connectivity index (χ0n) is 12.9. The second kappa shape index (κ2) is 6.00. The van der Waals surface area contributed by atoms with Crippen molar-refractivity contribution in [2.75, 3.05) is 32.1 Å². The summed E-state index contributed by atoms with van der Waals surface area (Å²) < 4.78 is 25.1. The van der Waals surface area contributed by atoms with Gasteiger partial charge >= 0.3 is 6.03 Å². The van der Waals surface area contributed by atoms with E-state index < -0.39 is 10.0 Å². The molecule has 3 rings (SSSR count). The Hall–Kier alpha value is -2.24. The molecule has 0 bridgehead atoms. The molecule has 2 amide bonds. The van der Waals surface area contributed by atoms with Gasteiger partial charge in [-0.05, 0) is 18.2 Å². The predicted molar refractivity (Wildman–Crippen MR) is 88.6 cm³/mol. The molecule has 0 radical (unpaired) electrons. The number of benzene rings is 1. The SMILES string of the molecule is CN(C)S(=O)(=O)c1nnc(-c2cc(N3CCNC3=O)ccc2O)s1. The van der Waals surface area contributed by atoms with Crippen LogP contribution >= 0.6 is 11.3 Å². The average Bonchev–Trinajstić information content (AvgIpc) is 3.17. The number of carbonyl (C=O) groups excluding carboxylic acids is 1. The fourth-order valence-corrected chi connectivity index (χ4v) is 4.32. The molecule has 1 aliphatic heterocycles. The molecule has 0 spiro atoms. The molecular weight excluding hydrogens is 354 g/mol. The van der Waals surface area contributed by atoms with Gasteiger partial charge in [0.1, 0.15) is 5.75 Å². The van der Waals surface area contributed by atoms with E-state index in [4.69, 9.17) is 0 Å². The van der Waals surface area contributed by atoms with Crippen LogP contribution in [0.2, 0.25) is 0 Å². The highest BCUT2D eigenvalue weighted by atomic mass is 32.2. The Balaban J connectivity index is 2.01. The van der Waals surface area contributed by atoms with Crippen LogP contribution in [0.15, 0.2) is 22.5 Å². The molecule has 11 heteroatoms. The number of sulfonamides is 1. The lowest BCUT2D eigenvalue weighted by Gasteiger charge is -2.15. The van der Waals surface area contributed by atoms with Crippen molar-refractivity contribution in [3.8, 4) is 16.3 Å². The first-order valence-corrected chi connectivity index (χ1v) is 9.21. The third kappa shape index (κ3) is 2.81. The van der Waals surface area contributed by atoms with Crippen LogP contribution in [0, 0.1) is 0 Å². The normalized spacial score (nSPS) is 15.1. The van der Waals surface area contributed by atoms with Gasteiger partial charge in [-0.15, -0.1) is 10.2 Å². The zero-order chi connectivity index (χ0) is 17.5. The minimum Gasteiger partial charge on any atom is -0.507 e. The summed E-state index contributed by atoms with van der Waals surface area (Å²) in [5, 5.41) is 20.6. The highest BCUT2D eigenvalue weighted by Gasteiger charge is 2.25. The molecule has 24 heavy (non-hydrogen) atoms. The van der Waals surface area contributed by atoms with Crippen LogP contribution in [-0.2, 0) is 10.0 Å². The first kappa shape index (κ1) is 16.6. The lowest BCUT2D eigenvalue weighted by Crippen LogP contribution is -2.27. The van der Waals surface area contributed by atoms with E-state index in [0.29, 0.717) is 24.3 Å². The predicted octanol–water partition coefficient (Wildman–Crippen LogP) is 0.691. The average molecular weight is 369 g/mol. The maximum Gasteiger partial charge on any atom is 0.321 e. The maximum absolute atomic E-state index is 12.1. The van der Waals surface area contributed by atoms with E-state index in [1.165, 1.54) is 25.1 Å². The molecule has 0 unspecified atom stereocenters. The largest absolute Gasteiger partial charge is 0.507 e. The van der Waals surface area contributed by atoms with Crippen molar-refractivity contribution in [3.63, 3.8) is 0 Å². The van der Waals surface area contributed by atoms with Crippen LogP contribution in [-0.4, -0.2) is 61.2 Å². The highest BCUT2D eigenvalue weighted by Crippen LogP contribution is 2.36. The number of amides is 2. The molecule has 1 aromatic heterocycles. The first-order chi connectivity index (χ1) is 11.3. The van der Waals surface area contributed by atoms with Crippen LogP contribution in [0.3, 0.4) is 0 Å². The molecule has 128 valence electrons. The Morgan fingerprint density at radius 1 is 1.33 bits per heavy atom. The van der Waals surface area contributed by atoms with Gasteiger partial charge in [-0.3, -0.25) is 4.90 Å². The quantitative estimate of drug-likeness (QED) is 0.819. The smallest absolute Gasteiger partial charge is 0.321 e. The molecular formula is C13H15N5O4S2. The van der Waals surface area contributed by atoms with E-state index in [1.807, 2.05) is 0 Å². The number of aromatic nitrogens is 2. The Morgan fingerprint density at radius 3 is 2.71 bits per heavy atom. The van der Waals surface area contributed by atoms with Crippen molar-refractivity contribution in [2.45, 2.75) is 4.34 Å². The Labute approximate surface area is 142 Å². The zero-order valence-corrected chi connectivity index (χ0v) is 14.6. The van der Waals surface area contributed by atoms with Crippen LogP contribution < -0.4 is 10.2 Å². The number of nitrogens with zero attached hydrogens (tertiary/aromatic N) is 4. The van der Waals surface area contributed by atoms with Gasteiger partial charge in [0.2, 0.25) is 4.34 Å². The van der Waals surface area contributed by atoms with E-state index in [1.54, 1.807) is 12.1 Å². The number of carbonyl (C=O) groups is 1. The second-order valence-electron chi connectivity index (χ2n) is 5.25. The summed E-state index contributed by atoms with van der Waals surface area (Å²) >= 11 is 0.857. The number of rotatable bonds is 4. The van der Waals surface area contributed by atoms with E-state index in [0.717, 1.165) is 15.6 Å². The number of phenols is 1. The van der Waals surface area contributed by atoms with Gasteiger partial charge in [0.15, 0.2) is 5.01 Å². The van der Waals surface area contributed by atoms with Crippen LogP contribution in [0.25, 0.3) is 10.6 Å². The topological polar surface area (TPSA) is 116 Å². The Kier molecular flexibility index (Phi) is 4.15. The van der Waals surface area contributed by atoms with Gasteiger partial charge in [-0.25, -0.2) is 17.5 Å². The molecule has 1 saturated heterocycles. The molecule has 1 aromatic carbocycles. The fraction of sp³-hybridized carbons (Fsp3) is 0.308. The minimum absolute atomic E-state index is 0.0664. The summed E-state index contributed by atoms with van der Waals surface area (Å²) in [5.41, 5.74) is 0.912. The van der Waals surface area contributed by atoms with Crippen molar-refractivity contribution in [3.05, 3.63) is 18.2 Å². The molecule has 1 fully saturated rings. The summed E-state index contributed by atoms with van der Waals surface area (Å²) in [5.74, 6) is -0.0664. The van der Waals surface area contributed by atoms with Crippen molar-refractivity contribution >= 4 is 33.1 Å². The monoisotopic (exact) mass is 369 g/mol. The number of phenolic OH excluding ortho intramolecular Hbond substituents is 1.